The molecule has 106 valence electrons. The van der Waals surface area contributed by atoms with Crippen molar-refractivity contribution in [2.24, 2.45) is 5.73 Å². The van der Waals surface area contributed by atoms with Crippen LogP contribution in [0.1, 0.15) is 18.6 Å². The molecule has 2 aromatic carbocycles. The summed E-state index contributed by atoms with van der Waals surface area (Å²) >= 11 is 0. The lowest BCUT2D eigenvalue weighted by molar-refractivity contribution is 0.178. The molecule has 0 fully saturated rings. The molecule has 0 amide bonds. The summed E-state index contributed by atoms with van der Waals surface area (Å²) < 4.78 is 45.0. The molecule has 2 atom stereocenters. The van der Waals surface area contributed by atoms with Crippen LogP contribution in [0.5, 0.6) is 5.75 Å². The van der Waals surface area contributed by atoms with E-state index in [2.05, 4.69) is 0 Å². The topological polar surface area (TPSA) is 35.2 Å². The Morgan fingerprint density at radius 1 is 0.950 bits per heavy atom. The van der Waals surface area contributed by atoms with Crippen LogP contribution in [0.4, 0.5) is 13.2 Å². The molecule has 0 aromatic heterocycles. The smallest absolute Gasteiger partial charge is 0.139 e. The second kappa shape index (κ2) is 5.96. The second-order valence-corrected chi connectivity index (χ2v) is 4.56. The lowest BCUT2D eigenvalue weighted by Crippen LogP contribution is -2.29. The van der Waals surface area contributed by atoms with E-state index in [1.807, 2.05) is 0 Å². The zero-order valence-electron chi connectivity index (χ0n) is 10.8. The second-order valence-electron chi connectivity index (χ2n) is 4.56. The first-order valence-corrected chi connectivity index (χ1v) is 6.09. The van der Waals surface area contributed by atoms with Gasteiger partial charge in [0.05, 0.1) is 0 Å². The number of hydrogen-bond donors (Lipinski definition) is 1. The first-order valence-electron chi connectivity index (χ1n) is 6.09. The molecule has 2 rings (SSSR count). The number of hydrogen-bond acceptors (Lipinski definition) is 2. The summed E-state index contributed by atoms with van der Waals surface area (Å²) in [6.07, 6.45) is -0.702. The van der Waals surface area contributed by atoms with Gasteiger partial charge in [-0.1, -0.05) is 12.1 Å². The van der Waals surface area contributed by atoms with Gasteiger partial charge in [-0.05, 0) is 24.6 Å². The average Bonchev–Trinajstić information content (AvgIpc) is 2.34. The number of halogens is 3. The van der Waals surface area contributed by atoms with Crippen molar-refractivity contribution in [1.82, 2.24) is 0 Å². The predicted octanol–water partition coefficient (Wildman–Crippen LogP) is 3.57. The molecule has 20 heavy (non-hydrogen) atoms. The van der Waals surface area contributed by atoms with E-state index >= 15 is 0 Å². The van der Waals surface area contributed by atoms with Gasteiger partial charge in [-0.25, -0.2) is 13.2 Å². The molecule has 2 N–H and O–H groups in total. The molecule has 0 aliphatic heterocycles. The van der Waals surface area contributed by atoms with Gasteiger partial charge in [0, 0.05) is 24.2 Å². The summed E-state index contributed by atoms with van der Waals surface area (Å²) in [5.41, 5.74) is 6.31. The molecule has 0 saturated heterocycles. The highest BCUT2D eigenvalue weighted by Crippen LogP contribution is 2.26. The summed E-state index contributed by atoms with van der Waals surface area (Å²) in [6, 6.07) is 8.12. The van der Waals surface area contributed by atoms with Gasteiger partial charge in [0.25, 0.3) is 0 Å². The van der Waals surface area contributed by atoms with Crippen LogP contribution in [0, 0.1) is 17.5 Å². The third-order valence-corrected chi connectivity index (χ3v) is 2.75. The maximum Gasteiger partial charge on any atom is 0.139 e. The summed E-state index contributed by atoms with van der Waals surface area (Å²) in [7, 11) is 0. The minimum absolute atomic E-state index is 0.00839. The van der Waals surface area contributed by atoms with Gasteiger partial charge in [-0.2, -0.15) is 0 Å². The fraction of sp³-hybridized carbons (Fsp3) is 0.200. The van der Waals surface area contributed by atoms with Gasteiger partial charge < -0.3 is 10.5 Å². The van der Waals surface area contributed by atoms with Crippen LogP contribution in [0.2, 0.25) is 0 Å². The molecule has 5 heteroatoms. The highest BCUT2D eigenvalue weighted by molar-refractivity contribution is 5.27. The number of rotatable bonds is 4. The van der Waals surface area contributed by atoms with Crippen molar-refractivity contribution >= 4 is 0 Å². The van der Waals surface area contributed by atoms with Crippen LogP contribution >= 0.6 is 0 Å². The van der Waals surface area contributed by atoms with Crippen molar-refractivity contribution in [3.8, 4) is 5.75 Å². The maximum atomic E-state index is 13.2. The average molecular weight is 281 g/mol. The van der Waals surface area contributed by atoms with Crippen LogP contribution in [-0.2, 0) is 0 Å². The maximum absolute atomic E-state index is 13.2. The summed E-state index contributed by atoms with van der Waals surface area (Å²) in [4.78, 5) is 0. The normalized spacial score (nSPS) is 13.8. The quantitative estimate of drug-likeness (QED) is 0.929. The Kier molecular flexibility index (Phi) is 4.29. The van der Waals surface area contributed by atoms with Crippen molar-refractivity contribution in [1.29, 1.82) is 0 Å². The molecule has 2 nitrogen and oxygen atoms in total. The minimum atomic E-state index is -0.748. The first-order chi connectivity index (χ1) is 9.45. The van der Waals surface area contributed by atoms with E-state index < -0.39 is 29.6 Å². The SMILES string of the molecule is CC(N)C(Oc1cc(F)cc(F)c1)c1cccc(F)c1. The Morgan fingerprint density at radius 3 is 2.15 bits per heavy atom. The van der Waals surface area contributed by atoms with E-state index in [1.54, 1.807) is 13.0 Å². The van der Waals surface area contributed by atoms with E-state index in [4.69, 9.17) is 10.5 Å². The van der Waals surface area contributed by atoms with Crippen LogP contribution in [0.15, 0.2) is 42.5 Å². The van der Waals surface area contributed by atoms with Crippen LogP contribution in [0.3, 0.4) is 0 Å². The van der Waals surface area contributed by atoms with E-state index in [1.165, 1.54) is 18.2 Å². The lowest BCUT2D eigenvalue weighted by Gasteiger charge is -2.23. The molecule has 0 bridgehead atoms. The van der Waals surface area contributed by atoms with Crippen molar-refractivity contribution < 1.29 is 17.9 Å². The van der Waals surface area contributed by atoms with Crippen LogP contribution in [-0.4, -0.2) is 6.04 Å². The molecule has 0 radical (unpaired) electrons. The Bertz CT molecular complexity index is 581. The zero-order chi connectivity index (χ0) is 14.7. The standard InChI is InChI=1S/C15H14F3NO/c1-9(19)15(10-3-2-4-11(16)5-10)20-14-7-12(17)6-13(18)8-14/h2-9,15H,19H2,1H3. The van der Waals surface area contributed by atoms with Crippen LogP contribution in [0.25, 0.3) is 0 Å². The first kappa shape index (κ1) is 14.4. The van der Waals surface area contributed by atoms with Gasteiger partial charge in [-0.3, -0.25) is 0 Å². The van der Waals surface area contributed by atoms with Gasteiger partial charge in [-0.15, -0.1) is 0 Å². The van der Waals surface area contributed by atoms with Crippen molar-refractivity contribution in [3.05, 3.63) is 65.5 Å². The Morgan fingerprint density at radius 2 is 1.60 bits per heavy atom. The Balaban J connectivity index is 2.30. The third-order valence-electron chi connectivity index (χ3n) is 2.75. The number of nitrogens with two attached hydrogens (primary N) is 1. The minimum Gasteiger partial charge on any atom is -0.484 e. The molecule has 2 unspecified atom stereocenters. The molecular formula is C15H14F3NO. The Hall–Kier alpha value is -2.01. The third kappa shape index (κ3) is 3.51. The van der Waals surface area contributed by atoms with Crippen molar-refractivity contribution in [3.63, 3.8) is 0 Å². The molecule has 0 saturated carbocycles. The predicted molar refractivity (Wildman–Crippen MR) is 69.8 cm³/mol. The zero-order valence-corrected chi connectivity index (χ0v) is 10.8. The largest absolute Gasteiger partial charge is 0.484 e. The molecule has 0 aliphatic carbocycles. The van der Waals surface area contributed by atoms with E-state index in [-0.39, 0.29) is 5.75 Å². The van der Waals surface area contributed by atoms with E-state index in [9.17, 15) is 13.2 Å². The summed E-state index contributed by atoms with van der Waals surface area (Å²) in [5.74, 6) is -1.92. The van der Waals surface area contributed by atoms with Crippen molar-refractivity contribution in [2.75, 3.05) is 0 Å². The molecule has 0 spiro atoms. The van der Waals surface area contributed by atoms with Gasteiger partial charge in [0.15, 0.2) is 0 Å². The summed E-state index contributed by atoms with van der Waals surface area (Å²) in [5, 5.41) is 0. The molecular weight excluding hydrogens is 267 g/mol. The molecule has 0 heterocycles. The van der Waals surface area contributed by atoms with E-state index in [0.29, 0.717) is 5.56 Å². The Labute approximate surface area is 115 Å². The lowest BCUT2D eigenvalue weighted by atomic mass is 10.0. The molecule has 0 aliphatic rings. The van der Waals surface area contributed by atoms with Gasteiger partial charge in [0.2, 0.25) is 0 Å². The number of benzene rings is 2. The highest BCUT2D eigenvalue weighted by atomic mass is 19.1. The van der Waals surface area contributed by atoms with Crippen LogP contribution < -0.4 is 10.5 Å². The fourth-order valence-corrected chi connectivity index (χ4v) is 1.91. The highest BCUT2D eigenvalue weighted by Gasteiger charge is 2.19. The van der Waals surface area contributed by atoms with Gasteiger partial charge in [0.1, 0.15) is 29.3 Å². The summed E-state index contributed by atoms with van der Waals surface area (Å²) in [6.45, 7) is 1.67. The molecule has 2 aromatic rings. The number of ether oxygens (including phenoxy) is 1. The fourth-order valence-electron chi connectivity index (χ4n) is 1.91. The van der Waals surface area contributed by atoms with E-state index in [0.717, 1.165) is 18.2 Å². The van der Waals surface area contributed by atoms with Crippen molar-refractivity contribution in [2.45, 2.75) is 19.1 Å². The monoisotopic (exact) mass is 281 g/mol. The van der Waals surface area contributed by atoms with Gasteiger partial charge >= 0.3 is 0 Å².